The van der Waals surface area contributed by atoms with Crippen molar-refractivity contribution >= 4 is 23.7 Å². The first-order valence-electron chi connectivity index (χ1n) is 8.23. The highest BCUT2D eigenvalue weighted by atomic mass is 16.5. The van der Waals surface area contributed by atoms with Gasteiger partial charge in [-0.3, -0.25) is 9.59 Å². The fraction of sp³-hybridized carbons (Fsp3) is 0.211. The summed E-state index contributed by atoms with van der Waals surface area (Å²) in [5.41, 5.74) is 3.43. The number of amides is 2. The summed E-state index contributed by atoms with van der Waals surface area (Å²) in [4.78, 5) is 23.7. The van der Waals surface area contributed by atoms with Crippen LogP contribution < -0.4 is 20.2 Å². The standard InChI is InChI=1S/C19H21N3O5/c1-3-27-17-9-13(7-8-16(17)23)12-20-22-19(25)11-18(24)21-14-5-4-6-15(10-14)26-2/h4-10,12,23H,3,11H2,1-2H3,(H,21,24)(H,22,25). The van der Waals surface area contributed by atoms with E-state index in [0.717, 1.165) is 0 Å². The molecule has 0 aliphatic carbocycles. The van der Waals surface area contributed by atoms with Crippen molar-refractivity contribution in [1.82, 2.24) is 5.43 Å². The Bertz CT molecular complexity index is 836. The summed E-state index contributed by atoms with van der Waals surface area (Å²) >= 11 is 0. The molecule has 2 rings (SSSR count). The quantitative estimate of drug-likeness (QED) is 0.375. The van der Waals surface area contributed by atoms with Gasteiger partial charge in [-0.05, 0) is 42.8 Å². The van der Waals surface area contributed by atoms with E-state index >= 15 is 0 Å². The van der Waals surface area contributed by atoms with Crippen molar-refractivity contribution in [3.05, 3.63) is 48.0 Å². The van der Waals surface area contributed by atoms with Gasteiger partial charge >= 0.3 is 0 Å². The van der Waals surface area contributed by atoms with Gasteiger partial charge in [0.2, 0.25) is 11.8 Å². The van der Waals surface area contributed by atoms with Crippen LogP contribution in [0.2, 0.25) is 0 Å². The molecule has 8 nitrogen and oxygen atoms in total. The molecule has 0 bridgehead atoms. The highest BCUT2D eigenvalue weighted by Gasteiger charge is 2.09. The Morgan fingerprint density at radius 3 is 2.74 bits per heavy atom. The van der Waals surface area contributed by atoms with Crippen LogP contribution in [0.5, 0.6) is 17.2 Å². The van der Waals surface area contributed by atoms with Crippen LogP contribution in [0.4, 0.5) is 5.69 Å². The lowest BCUT2D eigenvalue weighted by Gasteiger charge is -2.07. The number of methoxy groups -OCH3 is 1. The van der Waals surface area contributed by atoms with Gasteiger partial charge in [-0.25, -0.2) is 5.43 Å². The summed E-state index contributed by atoms with van der Waals surface area (Å²) in [7, 11) is 1.53. The third kappa shape index (κ3) is 6.35. The Balaban J connectivity index is 1.85. The molecule has 0 aliphatic rings. The first-order valence-corrected chi connectivity index (χ1v) is 8.23. The third-order valence-corrected chi connectivity index (χ3v) is 3.36. The van der Waals surface area contributed by atoms with Gasteiger partial charge in [0, 0.05) is 11.8 Å². The molecule has 27 heavy (non-hydrogen) atoms. The van der Waals surface area contributed by atoms with Crippen molar-refractivity contribution < 1.29 is 24.2 Å². The molecule has 0 saturated carbocycles. The Morgan fingerprint density at radius 2 is 2.00 bits per heavy atom. The minimum absolute atomic E-state index is 0.0206. The fourth-order valence-electron chi connectivity index (χ4n) is 2.15. The molecule has 2 amide bonds. The van der Waals surface area contributed by atoms with Gasteiger partial charge < -0.3 is 19.9 Å². The van der Waals surface area contributed by atoms with Gasteiger partial charge in [0.1, 0.15) is 12.2 Å². The first kappa shape index (κ1) is 19.8. The average molecular weight is 371 g/mol. The maximum Gasteiger partial charge on any atom is 0.249 e. The van der Waals surface area contributed by atoms with E-state index in [9.17, 15) is 14.7 Å². The lowest BCUT2D eigenvalue weighted by molar-refractivity contribution is -0.126. The number of aromatic hydroxyl groups is 1. The van der Waals surface area contributed by atoms with E-state index in [2.05, 4.69) is 15.8 Å². The Hall–Kier alpha value is -3.55. The molecule has 8 heteroatoms. The van der Waals surface area contributed by atoms with Crippen LogP contribution in [0.25, 0.3) is 0 Å². The largest absolute Gasteiger partial charge is 0.504 e. The number of carbonyl (C=O) groups is 2. The number of nitrogens with zero attached hydrogens (tertiary/aromatic N) is 1. The molecule has 0 heterocycles. The second-order valence-corrected chi connectivity index (χ2v) is 5.41. The van der Waals surface area contributed by atoms with Crippen LogP contribution in [-0.2, 0) is 9.59 Å². The van der Waals surface area contributed by atoms with Crippen molar-refractivity contribution in [2.24, 2.45) is 5.10 Å². The van der Waals surface area contributed by atoms with E-state index in [0.29, 0.717) is 29.4 Å². The number of hydrazone groups is 1. The lowest BCUT2D eigenvalue weighted by Crippen LogP contribution is -2.24. The summed E-state index contributed by atoms with van der Waals surface area (Å²) in [6, 6.07) is 11.5. The van der Waals surface area contributed by atoms with E-state index in [-0.39, 0.29) is 12.2 Å². The molecule has 3 N–H and O–H groups in total. The zero-order valence-corrected chi connectivity index (χ0v) is 15.1. The lowest BCUT2D eigenvalue weighted by atomic mass is 10.2. The number of nitrogens with one attached hydrogen (secondary N) is 2. The van der Waals surface area contributed by atoms with Gasteiger partial charge in [0.05, 0.1) is 19.9 Å². The third-order valence-electron chi connectivity index (χ3n) is 3.36. The van der Waals surface area contributed by atoms with Crippen LogP contribution in [0.1, 0.15) is 18.9 Å². The number of hydrogen-bond donors (Lipinski definition) is 3. The summed E-state index contributed by atoms with van der Waals surface area (Å²) in [6.45, 7) is 2.21. The summed E-state index contributed by atoms with van der Waals surface area (Å²) in [6.07, 6.45) is 1.01. The predicted octanol–water partition coefficient (Wildman–Crippen LogP) is 2.28. The molecular weight excluding hydrogens is 350 g/mol. The molecule has 0 radical (unpaired) electrons. The van der Waals surface area contributed by atoms with Crippen molar-refractivity contribution in [1.29, 1.82) is 0 Å². The van der Waals surface area contributed by atoms with Gasteiger partial charge in [0.25, 0.3) is 0 Å². The second kappa shape index (κ2) is 9.81. The first-order chi connectivity index (χ1) is 13.0. The van der Waals surface area contributed by atoms with Crippen LogP contribution in [0, 0.1) is 0 Å². The SMILES string of the molecule is CCOc1cc(C=NNC(=O)CC(=O)Nc2cccc(OC)c2)ccc1O. The van der Waals surface area contributed by atoms with E-state index < -0.39 is 11.8 Å². The molecule has 0 saturated heterocycles. The number of benzene rings is 2. The molecule has 142 valence electrons. The minimum atomic E-state index is -0.560. The van der Waals surface area contributed by atoms with Gasteiger partial charge in [-0.15, -0.1) is 0 Å². The van der Waals surface area contributed by atoms with Crippen LogP contribution >= 0.6 is 0 Å². The van der Waals surface area contributed by atoms with Crippen LogP contribution in [-0.4, -0.2) is 36.9 Å². The molecule has 0 atom stereocenters. The van der Waals surface area contributed by atoms with Gasteiger partial charge in [-0.2, -0.15) is 5.10 Å². The van der Waals surface area contributed by atoms with Crippen molar-refractivity contribution in [2.75, 3.05) is 19.0 Å². The molecular formula is C19H21N3O5. The second-order valence-electron chi connectivity index (χ2n) is 5.41. The Morgan fingerprint density at radius 1 is 1.19 bits per heavy atom. The van der Waals surface area contributed by atoms with Gasteiger partial charge in [0.15, 0.2) is 11.5 Å². The monoisotopic (exact) mass is 371 g/mol. The van der Waals surface area contributed by atoms with Crippen LogP contribution in [0.3, 0.4) is 0 Å². The van der Waals surface area contributed by atoms with E-state index in [1.165, 1.54) is 19.4 Å². The van der Waals surface area contributed by atoms with Crippen molar-refractivity contribution in [3.8, 4) is 17.2 Å². The fourth-order valence-corrected chi connectivity index (χ4v) is 2.15. The predicted molar refractivity (Wildman–Crippen MR) is 101 cm³/mol. The Kier molecular flexibility index (Phi) is 7.18. The molecule has 0 aliphatic heterocycles. The normalized spacial score (nSPS) is 10.4. The molecule has 0 fully saturated rings. The molecule has 0 spiro atoms. The summed E-state index contributed by atoms with van der Waals surface area (Å²) in [5.74, 6) is -0.0884. The number of phenols is 1. The van der Waals surface area contributed by atoms with Gasteiger partial charge in [-0.1, -0.05) is 6.07 Å². The zero-order valence-electron chi connectivity index (χ0n) is 15.1. The highest BCUT2D eigenvalue weighted by Crippen LogP contribution is 2.26. The number of ether oxygens (including phenoxy) is 2. The van der Waals surface area contributed by atoms with E-state index in [1.54, 1.807) is 43.3 Å². The molecule has 0 aromatic heterocycles. The smallest absolute Gasteiger partial charge is 0.249 e. The average Bonchev–Trinajstić information content (AvgIpc) is 2.64. The van der Waals surface area contributed by atoms with E-state index in [4.69, 9.17) is 9.47 Å². The van der Waals surface area contributed by atoms with Crippen molar-refractivity contribution in [3.63, 3.8) is 0 Å². The summed E-state index contributed by atoms with van der Waals surface area (Å²) < 4.78 is 10.3. The summed E-state index contributed by atoms with van der Waals surface area (Å²) in [5, 5.41) is 16.0. The zero-order chi connectivity index (χ0) is 19.6. The van der Waals surface area contributed by atoms with Crippen molar-refractivity contribution in [2.45, 2.75) is 13.3 Å². The Labute approximate surface area is 156 Å². The number of phenolic OH excluding ortho intramolecular Hbond substituents is 1. The maximum atomic E-state index is 11.9. The minimum Gasteiger partial charge on any atom is -0.504 e. The molecule has 0 unspecified atom stereocenters. The number of rotatable bonds is 8. The topological polar surface area (TPSA) is 109 Å². The van der Waals surface area contributed by atoms with E-state index in [1.807, 2.05) is 0 Å². The number of carbonyl (C=O) groups excluding carboxylic acids is 2. The maximum absolute atomic E-state index is 11.9. The number of anilines is 1. The number of hydrogen-bond acceptors (Lipinski definition) is 6. The van der Waals surface area contributed by atoms with Crippen LogP contribution in [0.15, 0.2) is 47.6 Å². The molecule has 2 aromatic rings. The highest BCUT2D eigenvalue weighted by molar-refractivity contribution is 6.03. The molecule has 2 aromatic carbocycles.